The highest BCUT2D eigenvalue weighted by Gasteiger charge is 2.20. The van der Waals surface area contributed by atoms with Gasteiger partial charge in [-0.1, -0.05) is 11.6 Å². The van der Waals surface area contributed by atoms with E-state index < -0.39 is 0 Å². The molecule has 0 radical (unpaired) electrons. The molecule has 1 aromatic carbocycles. The second kappa shape index (κ2) is 3.09. The molecule has 1 aromatic rings. The highest BCUT2D eigenvalue weighted by atomic mass is 35.5. The first-order chi connectivity index (χ1) is 6.24. The summed E-state index contributed by atoms with van der Waals surface area (Å²) in [4.78, 5) is 0. The Balaban J connectivity index is 2.62. The van der Waals surface area contributed by atoms with Crippen molar-refractivity contribution in [2.75, 3.05) is 6.79 Å². The smallest absolute Gasteiger partial charge is 0.231 e. The van der Waals surface area contributed by atoms with Gasteiger partial charge in [0.25, 0.3) is 0 Å². The monoisotopic (exact) mass is 199 g/mol. The van der Waals surface area contributed by atoms with E-state index in [0.29, 0.717) is 23.1 Å². The van der Waals surface area contributed by atoms with Crippen molar-refractivity contribution >= 4 is 11.6 Å². The number of fused-ring (bicyclic) bond motifs is 1. The molecule has 3 nitrogen and oxygen atoms in total. The maximum Gasteiger partial charge on any atom is 0.231 e. The van der Waals surface area contributed by atoms with Crippen LogP contribution in [0, 0.1) is 6.92 Å². The van der Waals surface area contributed by atoms with Crippen molar-refractivity contribution < 1.29 is 9.47 Å². The minimum absolute atomic E-state index is 0.239. The first-order valence-corrected chi connectivity index (χ1v) is 4.39. The Bertz CT molecular complexity index is 348. The summed E-state index contributed by atoms with van der Waals surface area (Å²) < 4.78 is 10.4. The molecule has 0 atom stereocenters. The summed E-state index contributed by atoms with van der Waals surface area (Å²) in [5.74, 6) is 1.33. The van der Waals surface area contributed by atoms with Crippen LogP contribution in [0.5, 0.6) is 11.5 Å². The lowest BCUT2D eigenvalue weighted by Gasteiger charge is -2.08. The number of ether oxygens (including phenoxy) is 2. The van der Waals surface area contributed by atoms with Gasteiger partial charge >= 0.3 is 0 Å². The molecule has 0 saturated heterocycles. The molecule has 13 heavy (non-hydrogen) atoms. The van der Waals surface area contributed by atoms with Gasteiger partial charge < -0.3 is 15.2 Å². The zero-order valence-corrected chi connectivity index (χ0v) is 8.02. The summed E-state index contributed by atoms with van der Waals surface area (Å²) in [6, 6.07) is 1.90. The van der Waals surface area contributed by atoms with Gasteiger partial charge in [-0.15, -0.1) is 0 Å². The molecular weight excluding hydrogens is 190 g/mol. The maximum atomic E-state index is 6.07. The van der Waals surface area contributed by atoms with Gasteiger partial charge in [0.05, 0.1) is 5.02 Å². The first-order valence-electron chi connectivity index (χ1n) is 4.01. The van der Waals surface area contributed by atoms with Crippen molar-refractivity contribution in [3.8, 4) is 11.5 Å². The largest absolute Gasteiger partial charge is 0.454 e. The molecule has 1 aliphatic rings. The van der Waals surface area contributed by atoms with E-state index in [0.717, 1.165) is 11.1 Å². The minimum Gasteiger partial charge on any atom is -0.454 e. The van der Waals surface area contributed by atoms with Crippen LogP contribution in [0.15, 0.2) is 6.07 Å². The lowest BCUT2D eigenvalue weighted by Crippen LogP contribution is -2.00. The van der Waals surface area contributed by atoms with E-state index in [1.54, 1.807) is 0 Å². The number of hydrogen-bond donors (Lipinski definition) is 1. The topological polar surface area (TPSA) is 44.5 Å². The van der Waals surface area contributed by atoms with Gasteiger partial charge in [-0.2, -0.15) is 0 Å². The molecule has 0 spiro atoms. The minimum atomic E-state index is 0.239. The number of aryl methyl sites for hydroxylation is 1. The summed E-state index contributed by atoms with van der Waals surface area (Å²) in [5.41, 5.74) is 7.53. The van der Waals surface area contributed by atoms with Crippen molar-refractivity contribution in [3.63, 3.8) is 0 Å². The third-order valence-electron chi connectivity index (χ3n) is 2.13. The van der Waals surface area contributed by atoms with Crippen LogP contribution < -0.4 is 15.2 Å². The van der Waals surface area contributed by atoms with Crippen LogP contribution in [0.25, 0.3) is 0 Å². The molecule has 0 aliphatic carbocycles. The van der Waals surface area contributed by atoms with E-state index in [-0.39, 0.29) is 6.79 Å². The fourth-order valence-electron chi connectivity index (χ4n) is 1.41. The summed E-state index contributed by atoms with van der Waals surface area (Å²) >= 11 is 6.07. The van der Waals surface area contributed by atoms with E-state index in [4.69, 9.17) is 26.8 Å². The molecule has 4 heteroatoms. The van der Waals surface area contributed by atoms with Crippen LogP contribution in [0.3, 0.4) is 0 Å². The SMILES string of the molecule is Cc1cc2c(c(Cl)c1CN)OCO2. The van der Waals surface area contributed by atoms with E-state index in [1.807, 2.05) is 13.0 Å². The van der Waals surface area contributed by atoms with Crippen LogP contribution in [-0.4, -0.2) is 6.79 Å². The van der Waals surface area contributed by atoms with Crippen molar-refractivity contribution in [1.29, 1.82) is 0 Å². The molecule has 1 heterocycles. The highest BCUT2D eigenvalue weighted by molar-refractivity contribution is 6.33. The third-order valence-corrected chi connectivity index (χ3v) is 2.53. The molecule has 0 unspecified atom stereocenters. The van der Waals surface area contributed by atoms with Gasteiger partial charge in [-0.05, 0) is 24.1 Å². The predicted octanol–water partition coefficient (Wildman–Crippen LogP) is 1.84. The maximum absolute atomic E-state index is 6.07. The molecule has 2 N–H and O–H groups in total. The van der Waals surface area contributed by atoms with Crippen LogP contribution in [-0.2, 0) is 6.54 Å². The Labute approximate surface area is 81.4 Å². The van der Waals surface area contributed by atoms with Gasteiger partial charge in [-0.25, -0.2) is 0 Å². The molecule has 0 aromatic heterocycles. The average molecular weight is 200 g/mol. The fraction of sp³-hybridized carbons (Fsp3) is 0.333. The van der Waals surface area contributed by atoms with Crippen LogP contribution in [0.4, 0.5) is 0 Å². The summed E-state index contributed by atoms with van der Waals surface area (Å²) in [7, 11) is 0. The molecule has 0 saturated carbocycles. The Morgan fingerprint density at radius 1 is 1.54 bits per heavy atom. The summed E-state index contributed by atoms with van der Waals surface area (Å²) in [6.45, 7) is 2.61. The van der Waals surface area contributed by atoms with Gasteiger partial charge in [0.15, 0.2) is 11.5 Å². The average Bonchev–Trinajstić information content (AvgIpc) is 2.53. The Morgan fingerprint density at radius 2 is 2.31 bits per heavy atom. The fourth-order valence-corrected chi connectivity index (χ4v) is 1.79. The number of rotatable bonds is 1. The highest BCUT2D eigenvalue weighted by Crippen LogP contribution is 2.42. The van der Waals surface area contributed by atoms with E-state index >= 15 is 0 Å². The summed E-state index contributed by atoms with van der Waals surface area (Å²) in [6.07, 6.45) is 0. The predicted molar refractivity (Wildman–Crippen MR) is 50.2 cm³/mol. The van der Waals surface area contributed by atoms with Gasteiger partial charge in [0, 0.05) is 6.54 Å². The Hall–Kier alpha value is -0.930. The van der Waals surface area contributed by atoms with Gasteiger partial charge in [0.1, 0.15) is 0 Å². The zero-order valence-electron chi connectivity index (χ0n) is 7.26. The summed E-state index contributed by atoms with van der Waals surface area (Å²) in [5, 5.41) is 0.579. The zero-order chi connectivity index (χ0) is 9.42. The molecule has 0 amide bonds. The van der Waals surface area contributed by atoms with Crippen LogP contribution >= 0.6 is 11.6 Å². The van der Waals surface area contributed by atoms with E-state index in [9.17, 15) is 0 Å². The van der Waals surface area contributed by atoms with Crippen molar-refractivity contribution in [1.82, 2.24) is 0 Å². The lowest BCUT2D eigenvalue weighted by atomic mass is 10.1. The van der Waals surface area contributed by atoms with E-state index in [2.05, 4.69) is 0 Å². The van der Waals surface area contributed by atoms with Crippen molar-refractivity contribution in [2.24, 2.45) is 5.73 Å². The standard InChI is InChI=1S/C9H10ClNO2/c1-5-2-7-9(13-4-12-7)8(10)6(5)3-11/h2H,3-4,11H2,1H3. The second-order valence-electron chi connectivity index (χ2n) is 2.92. The number of benzene rings is 1. The number of nitrogens with two attached hydrogens (primary N) is 1. The second-order valence-corrected chi connectivity index (χ2v) is 3.30. The first kappa shape index (κ1) is 8.66. The Morgan fingerprint density at radius 3 is 3.00 bits per heavy atom. The number of hydrogen-bond acceptors (Lipinski definition) is 3. The van der Waals surface area contributed by atoms with E-state index in [1.165, 1.54) is 0 Å². The lowest BCUT2D eigenvalue weighted by molar-refractivity contribution is 0.174. The van der Waals surface area contributed by atoms with Gasteiger partial charge in [0.2, 0.25) is 6.79 Å². The molecule has 1 aliphatic heterocycles. The molecule has 70 valence electrons. The van der Waals surface area contributed by atoms with Crippen LogP contribution in [0.1, 0.15) is 11.1 Å². The third kappa shape index (κ3) is 1.24. The normalized spacial score (nSPS) is 13.5. The van der Waals surface area contributed by atoms with Gasteiger partial charge in [-0.3, -0.25) is 0 Å². The van der Waals surface area contributed by atoms with Crippen molar-refractivity contribution in [3.05, 3.63) is 22.2 Å². The molecular formula is C9H10ClNO2. The van der Waals surface area contributed by atoms with Crippen molar-refractivity contribution in [2.45, 2.75) is 13.5 Å². The molecule has 0 bridgehead atoms. The van der Waals surface area contributed by atoms with Crippen LogP contribution in [0.2, 0.25) is 5.02 Å². The molecule has 2 rings (SSSR count). The molecule has 0 fully saturated rings. The quantitative estimate of drug-likeness (QED) is 0.751. The Kier molecular flexibility index (Phi) is 2.06. The number of halogens is 1.